The molecule has 32 heavy (non-hydrogen) atoms. The number of aliphatic hydroxyl groups is 1. The minimum absolute atomic E-state index is 0.388. The van der Waals surface area contributed by atoms with Crippen molar-refractivity contribution in [3.05, 3.63) is 41.3 Å². The Bertz CT molecular complexity index is 1180. The number of benzene rings is 1. The average Bonchev–Trinajstić information content (AvgIpc) is 3.44. The largest absolute Gasteiger partial charge is 0.373 e. The number of aryl methyl sites for hydroxylation is 3. The fraction of sp³-hybridized carbons (Fsp3) is 0.409. The van der Waals surface area contributed by atoms with E-state index in [2.05, 4.69) is 56.6 Å². The maximum atomic E-state index is 10.5. The molecular formula is C22H29N9O. The third kappa shape index (κ3) is 3.71. The van der Waals surface area contributed by atoms with E-state index in [0.717, 1.165) is 35.7 Å². The van der Waals surface area contributed by atoms with E-state index in [1.54, 1.807) is 16.4 Å². The lowest BCUT2D eigenvalue weighted by molar-refractivity contribution is 0.216. The van der Waals surface area contributed by atoms with Gasteiger partial charge in [0.25, 0.3) is 0 Å². The maximum absolute atomic E-state index is 10.5. The van der Waals surface area contributed by atoms with Crippen molar-refractivity contribution in [2.45, 2.75) is 33.9 Å². The fourth-order valence-corrected chi connectivity index (χ4v) is 3.72. The van der Waals surface area contributed by atoms with E-state index in [9.17, 15) is 5.11 Å². The minimum Gasteiger partial charge on any atom is -0.373 e. The van der Waals surface area contributed by atoms with E-state index in [4.69, 9.17) is 4.99 Å². The van der Waals surface area contributed by atoms with Gasteiger partial charge < -0.3 is 10.0 Å². The second-order valence-corrected chi connectivity index (χ2v) is 7.73. The summed E-state index contributed by atoms with van der Waals surface area (Å²) in [5.74, 6) is 0.975. The lowest BCUT2D eigenvalue weighted by atomic mass is 10.1. The van der Waals surface area contributed by atoms with Crippen LogP contribution in [0.3, 0.4) is 0 Å². The molecule has 10 heteroatoms. The van der Waals surface area contributed by atoms with Gasteiger partial charge in [-0.1, -0.05) is 0 Å². The molecule has 3 heterocycles. The molecule has 0 spiro atoms. The van der Waals surface area contributed by atoms with Crippen molar-refractivity contribution in [3.63, 3.8) is 0 Å². The van der Waals surface area contributed by atoms with Crippen molar-refractivity contribution in [2.24, 2.45) is 17.1 Å². The van der Waals surface area contributed by atoms with Crippen molar-refractivity contribution in [2.75, 3.05) is 25.0 Å². The van der Waals surface area contributed by atoms with Gasteiger partial charge in [0, 0.05) is 31.5 Å². The van der Waals surface area contributed by atoms with Crippen LogP contribution in [-0.4, -0.2) is 67.5 Å². The maximum Gasteiger partial charge on any atom is 0.205 e. The second-order valence-electron chi connectivity index (χ2n) is 7.73. The summed E-state index contributed by atoms with van der Waals surface area (Å²) >= 11 is 0. The summed E-state index contributed by atoms with van der Waals surface area (Å²) in [6, 6.07) is 8.10. The van der Waals surface area contributed by atoms with Crippen LogP contribution in [0.5, 0.6) is 0 Å². The number of nitrogens with zero attached hydrogens (tertiary/aromatic N) is 8. The number of anilines is 1. The lowest BCUT2D eigenvalue weighted by Gasteiger charge is -2.21. The molecule has 0 fully saturated rings. The molecule has 0 saturated heterocycles. The van der Waals surface area contributed by atoms with Gasteiger partial charge >= 0.3 is 0 Å². The van der Waals surface area contributed by atoms with Gasteiger partial charge in [-0.2, -0.15) is 14.9 Å². The number of aliphatic hydroxyl groups excluding tert-OH is 1. The molecule has 1 aliphatic rings. The van der Waals surface area contributed by atoms with Gasteiger partial charge in [-0.25, -0.2) is 4.99 Å². The molecule has 0 bridgehead atoms. The smallest absolute Gasteiger partial charge is 0.205 e. The average molecular weight is 436 g/mol. The highest BCUT2D eigenvalue weighted by molar-refractivity contribution is 6.50. The lowest BCUT2D eigenvalue weighted by Crippen LogP contribution is -2.37. The van der Waals surface area contributed by atoms with E-state index < -0.39 is 6.23 Å². The Morgan fingerprint density at radius 3 is 2.44 bits per heavy atom. The first-order valence-electron chi connectivity index (χ1n) is 10.7. The molecular weight excluding hydrogens is 406 g/mol. The van der Waals surface area contributed by atoms with E-state index >= 15 is 0 Å². The number of aliphatic imine (C=N–C) groups is 1. The van der Waals surface area contributed by atoms with Crippen LogP contribution >= 0.6 is 0 Å². The SMILES string of the molecule is CCN(CC)c1ccc(N=C2C(C(O)NC)=Nn3c2nnc3-c2cc(C)n(C)n2)c(C)c1. The Hall–Kier alpha value is -3.37. The first-order valence-corrected chi connectivity index (χ1v) is 10.7. The van der Waals surface area contributed by atoms with Crippen LogP contribution in [0.15, 0.2) is 34.4 Å². The fourth-order valence-electron chi connectivity index (χ4n) is 3.72. The summed E-state index contributed by atoms with van der Waals surface area (Å²) in [7, 11) is 3.54. The van der Waals surface area contributed by atoms with Crippen molar-refractivity contribution in [3.8, 4) is 11.5 Å². The third-order valence-corrected chi connectivity index (χ3v) is 5.72. The molecule has 10 nitrogen and oxygen atoms in total. The zero-order valence-corrected chi connectivity index (χ0v) is 19.3. The Kier molecular flexibility index (Phi) is 5.90. The molecule has 0 saturated carbocycles. The van der Waals surface area contributed by atoms with Crippen LogP contribution in [0.2, 0.25) is 0 Å². The normalized spacial score (nSPS) is 15.2. The molecule has 2 N–H and O–H groups in total. The Morgan fingerprint density at radius 1 is 1.12 bits per heavy atom. The van der Waals surface area contributed by atoms with Crippen molar-refractivity contribution in [1.29, 1.82) is 0 Å². The van der Waals surface area contributed by atoms with Crippen LogP contribution in [0.25, 0.3) is 11.5 Å². The number of hydrogen-bond donors (Lipinski definition) is 2. The van der Waals surface area contributed by atoms with Gasteiger partial charge in [0.2, 0.25) is 11.6 Å². The van der Waals surface area contributed by atoms with Crippen LogP contribution < -0.4 is 10.2 Å². The number of aromatic nitrogens is 5. The Balaban J connectivity index is 1.79. The van der Waals surface area contributed by atoms with Crippen LogP contribution in [0.4, 0.5) is 11.4 Å². The first kappa shape index (κ1) is 21.8. The standard InChI is InChI=1S/C22H29N9O/c1-7-30(8-2)15-9-10-16(13(3)11-15)24-18-19(22(32)23-5)28-31-20(25-26-21(18)31)17-12-14(4)29(6)27-17/h9-12,22-23,32H,7-8H2,1-6H3. The third-order valence-electron chi connectivity index (χ3n) is 5.72. The van der Waals surface area contributed by atoms with Gasteiger partial charge in [-0.15, -0.1) is 10.2 Å². The minimum atomic E-state index is -0.996. The van der Waals surface area contributed by atoms with Gasteiger partial charge in [0.15, 0.2) is 6.23 Å². The number of fused-ring (bicyclic) bond motifs is 1. The number of hydrogen-bond acceptors (Lipinski definition) is 8. The predicted octanol–water partition coefficient (Wildman–Crippen LogP) is 2.02. The molecule has 2 aromatic heterocycles. The molecule has 0 radical (unpaired) electrons. The predicted molar refractivity (Wildman–Crippen MR) is 126 cm³/mol. The molecule has 1 aromatic carbocycles. The quantitative estimate of drug-likeness (QED) is 0.550. The molecule has 1 aliphatic heterocycles. The van der Waals surface area contributed by atoms with Crippen molar-refractivity contribution >= 4 is 22.8 Å². The van der Waals surface area contributed by atoms with Crippen LogP contribution in [0.1, 0.15) is 30.9 Å². The number of rotatable bonds is 7. The molecule has 3 aromatic rings. The molecule has 1 atom stereocenters. The zero-order chi connectivity index (χ0) is 23.0. The van der Waals surface area contributed by atoms with Crippen LogP contribution in [0, 0.1) is 13.8 Å². The summed E-state index contributed by atoms with van der Waals surface area (Å²) in [4.78, 5) is 7.14. The monoisotopic (exact) mass is 435 g/mol. The summed E-state index contributed by atoms with van der Waals surface area (Å²) in [6.07, 6.45) is -0.996. The molecule has 0 amide bonds. The van der Waals surface area contributed by atoms with Crippen molar-refractivity contribution in [1.82, 2.24) is 30.0 Å². The van der Waals surface area contributed by atoms with E-state index in [-0.39, 0.29) is 0 Å². The molecule has 4 rings (SSSR count). The van der Waals surface area contributed by atoms with E-state index in [1.165, 1.54) is 0 Å². The first-order chi connectivity index (χ1) is 15.4. The number of nitrogens with one attached hydrogen (secondary N) is 1. The summed E-state index contributed by atoms with van der Waals surface area (Å²) < 4.78 is 3.37. The highest BCUT2D eigenvalue weighted by Gasteiger charge is 2.33. The van der Waals surface area contributed by atoms with Gasteiger partial charge in [0.1, 0.15) is 17.1 Å². The van der Waals surface area contributed by atoms with Gasteiger partial charge in [-0.3, -0.25) is 10.00 Å². The Labute approximate surface area is 187 Å². The highest BCUT2D eigenvalue weighted by atomic mass is 16.3. The zero-order valence-electron chi connectivity index (χ0n) is 19.3. The van der Waals surface area contributed by atoms with Crippen molar-refractivity contribution < 1.29 is 5.11 Å². The van der Waals surface area contributed by atoms with E-state index in [0.29, 0.717) is 28.8 Å². The second kappa shape index (κ2) is 8.64. The van der Waals surface area contributed by atoms with Crippen LogP contribution in [-0.2, 0) is 7.05 Å². The van der Waals surface area contributed by atoms with Gasteiger partial charge in [0.05, 0.1) is 5.69 Å². The summed E-state index contributed by atoms with van der Waals surface area (Å²) in [5.41, 5.74) is 5.50. The highest BCUT2D eigenvalue weighted by Crippen LogP contribution is 2.28. The Morgan fingerprint density at radius 2 is 1.84 bits per heavy atom. The van der Waals surface area contributed by atoms with Gasteiger partial charge in [-0.05, 0) is 64.6 Å². The topological polar surface area (TPSA) is 109 Å². The molecule has 168 valence electrons. The summed E-state index contributed by atoms with van der Waals surface area (Å²) in [5, 5.41) is 31.1. The molecule has 0 aliphatic carbocycles. The molecule has 1 unspecified atom stereocenters. The summed E-state index contributed by atoms with van der Waals surface area (Å²) in [6.45, 7) is 10.2. The van der Waals surface area contributed by atoms with E-state index in [1.807, 2.05) is 33.0 Å².